The van der Waals surface area contributed by atoms with Crippen molar-refractivity contribution < 1.29 is 19.0 Å². The first-order valence-electron chi connectivity index (χ1n) is 5.95. The number of hydrogen-bond acceptors (Lipinski definition) is 3. The monoisotopic (exact) mass is 259 g/mol. The fraction of sp³-hybridized carbons (Fsp3) is 0.538. The van der Waals surface area contributed by atoms with Crippen molar-refractivity contribution >= 4 is 0 Å². The Morgan fingerprint density at radius 3 is 2.28 bits per heavy atom. The number of aliphatic hydroxyl groups is 1. The van der Waals surface area contributed by atoms with E-state index in [9.17, 15) is 13.9 Å². The Bertz CT molecular complexity index is 374. The van der Waals surface area contributed by atoms with Gasteiger partial charge < -0.3 is 15.5 Å². The van der Waals surface area contributed by atoms with Gasteiger partial charge in [0.25, 0.3) is 0 Å². The number of halogens is 2. The molecule has 3 N–H and O–H groups in total. The maximum Gasteiger partial charge on any atom is 0.187 e. The predicted octanol–water partition coefficient (Wildman–Crippen LogP) is 2.17. The van der Waals surface area contributed by atoms with Gasteiger partial charge in [0.1, 0.15) is 0 Å². The first-order valence-corrected chi connectivity index (χ1v) is 5.95. The summed E-state index contributed by atoms with van der Waals surface area (Å²) >= 11 is 0. The van der Waals surface area contributed by atoms with Crippen LogP contribution < -0.4 is 5.32 Å². The highest BCUT2D eigenvalue weighted by atomic mass is 19.1. The van der Waals surface area contributed by atoms with E-state index in [1.165, 1.54) is 0 Å². The number of aliphatic hydroxyl groups excluding tert-OH is 1. The summed E-state index contributed by atoms with van der Waals surface area (Å²) in [6, 6.07) is 2.14. The second-order valence-electron chi connectivity index (χ2n) is 4.82. The highest BCUT2D eigenvalue weighted by Crippen LogP contribution is 2.21. The molecule has 5 heteroatoms. The van der Waals surface area contributed by atoms with Crippen LogP contribution in [0.15, 0.2) is 12.1 Å². The van der Waals surface area contributed by atoms with E-state index in [2.05, 4.69) is 5.32 Å². The summed E-state index contributed by atoms with van der Waals surface area (Å²) < 4.78 is 26.1. The molecule has 0 heterocycles. The molecule has 1 aromatic rings. The van der Waals surface area contributed by atoms with Crippen LogP contribution in [-0.4, -0.2) is 22.9 Å². The van der Waals surface area contributed by atoms with Gasteiger partial charge in [-0.05, 0) is 30.0 Å². The molecule has 1 atom stereocenters. The SMILES string of the molecule is CC(C)CC(O)CNCc1cc(F)c(O)c(F)c1. The van der Waals surface area contributed by atoms with Crippen molar-refractivity contribution in [1.82, 2.24) is 5.32 Å². The van der Waals surface area contributed by atoms with Crippen molar-refractivity contribution in [3.8, 4) is 5.75 Å². The third-order valence-electron chi connectivity index (χ3n) is 2.53. The molecule has 0 aliphatic heterocycles. The topological polar surface area (TPSA) is 52.5 Å². The lowest BCUT2D eigenvalue weighted by atomic mass is 10.1. The normalized spacial score (nSPS) is 13.0. The standard InChI is InChI=1S/C13H19F2NO2/c1-8(2)3-10(17)7-16-6-9-4-11(14)13(18)12(15)5-9/h4-5,8,10,16-18H,3,6-7H2,1-2H3. The first kappa shape index (κ1) is 14.9. The molecule has 0 aliphatic rings. The number of hydrogen-bond donors (Lipinski definition) is 3. The zero-order valence-corrected chi connectivity index (χ0v) is 10.6. The molecule has 0 aliphatic carbocycles. The van der Waals surface area contributed by atoms with Crippen LogP contribution in [0.1, 0.15) is 25.8 Å². The Hall–Kier alpha value is -1.20. The van der Waals surface area contributed by atoms with E-state index in [0.29, 0.717) is 24.4 Å². The Morgan fingerprint density at radius 1 is 1.22 bits per heavy atom. The Kier molecular flexibility index (Phi) is 5.50. The van der Waals surface area contributed by atoms with Gasteiger partial charge in [0.15, 0.2) is 17.4 Å². The van der Waals surface area contributed by atoms with Gasteiger partial charge in [-0.1, -0.05) is 13.8 Å². The largest absolute Gasteiger partial charge is 0.503 e. The molecule has 0 radical (unpaired) electrons. The summed E-state index contributed by atoms with van der Waals surface area (Å²) in [6.45, 7) is 4.62. The van der Waals surface area contributed by atoms with Crippen LogP contribution >= 0.6 is 0 Å². The Balaban J connectivity index is 2.45. The third-order valence-corrected chi connectivity index (χ3v) is 2.53. The van der Waals surface area contributed by atoms with Gasteiger partial charge in [0.05, 0.1) is 6.10 Å². The molecule has 1 aromatic carbocycles. The van der Waals surface area contributed by atoms with E-state index >= 15 is 0 Å². The lowest BCUT2D eigenvalue weighted by Crippen LogP contribution is -2.27. The molecular formula is C13H19F2NO2. The predicted molar refractivity (Wildman–Crippen MR) is 65.2 cm³/mol. The van der Waals surface area contributed by atoms with Crippen molar-refractivity contribution in [2.24, 2.45) is 5.92 Å². The summed E-state index contributed by atoms with van der Waals surface area (Å²) in [5.41, 5.74) is 0.388. The number of nitrogens with one attached hydrogen (secondary N) is 1. The molecule has 0 spiro atoms. The van der Waals surface area contributed by atoms with Gasteiger partial charge in [-0.2, -0.15) is 0 Å². The van der Waals surface area contributed by atoms with Gasteiger partial charge in [0.2, 0.25) is 0 Å². The lowest BCUT2D eigenvalue weighted by molar-refractivity contribution is 0.146. The first-order chi connectivity index (χ1) is 8.40. The van der Waals surface area contributed by atoms with Crippen molar-refractivity contribution in [2.75, 3.05) is 6.54 Å². The van der Waals surface area contributed by atoms with Crippen LogP contribution in [0.2, 0.25) is 0 Å². The van der Waals surface area contributed by atoms with Crippen LogP contribution in [-0.2, 0) is 6.54 Å². The molecule has 0 fully saturated rings. The fourth-order valence-corrected chi connectivity index (χ4v) is 1.73. The Labute approximate surface area is 105 Å². The lowest BCUT2D eigenvalue weighted by Gasteiger charge is -2.14. The molecule has 18 heavy (non-hydrogen) atoms. The van der Waals surface area contributed by atoms with Crippen molar-refractivity contribution in [3.63, 3.8) is 0 Å². The van der Waals surface area contributed by atoms with E-state index in [1.54, 1.807) is 0 Å². The highest BCUT2D eigenvalue weighted by molar-refractivity contribution is 5.29. The van der Waals surface area contributed by atoms with E-state index in [0.717, 1.165) is 12.1 Å². The van der Waals surface area contributed by atoms with Gasteiger partial charge in [-0.25, -0.2) is 8.78 Å². The van der Waals surface area contributed by atoms with Crippen molar-refractivity contribution in [3.05, 3.63) is 29.3 Å². The maximum atomic E-state index is 13.0. The number of phenols is 1. The van der Waals surface area contributed by atoms with Gasteiger partial charge in [-0.3, -0.25) is 0 Å². The van der Waals surface area contributed by atoms with Crippen LogP contribution in [0, 0.1) is 17.6 Å². The summed E-state index contributed by atoms with van der Waals surface area (Å²) in [7, 11) is 0. The molecule has 0 saturated heterocycles. The second-order valence-corrected chi connectivity index (χ2v) is 4.82. The fourth-order valence-electron chi connectivity index (χ4n) is 1.73. The summed E-state index contributed by atoms with van der Waals surface area (Å²) in [4.78, 5) is 0. The molecule has 0 aromatic heterocycles. The van der Waals surface area contributed by atoms with Crippen LogP contribution in [0.5, 0.6) is 5.75 Å². The number of rotatable bonds is 6. The highest BCUT2D eigenvalue weighted by Gasteiger charge is 2.10. The number of aromatic hydroxyl groups is 1. The molecule has 3 nitrogen and oxygen atoms in total. The Morgan fingerprint density at radius 2 is 1.78 bits per heavy atom. The minimum Gasteiger partial charge on any atom is -0.503 e. The van der Waals surface area contributed by atoms with E-state index in [1.807, 2.05) is 13.8 Å². The van der Waals surface area contributed by atoms with Crippen molar-refractivity contribution in [1.29, 1.82) is 0 Å². The molecule has 0 bridgehead atoms. The molecule has 1 unspecified atom stereocenters. The zero-order valence-electron chi connectivity index (χ0n) is 10.6. The van der Waals surface area contributed by atoms with Gasteiger partial charge in [-0.15, -0.1) is 0 Å². The van der Waals surface area contributed by atoms with Crippen LogP contribution in [0.25, 0.3) is 0 Å². The van der Waals surface area contributed by atoms with E-state index in [4.69, 9.17) is 5.11 Å². The van der Waals surface area contributed by atoms with Crippen LogP contribution in [0.3, 0.4) is 0 Å². The number of benzene rings is 1. The molecule has 0 saturated carbocycles. The number of phenolic OH excluding ortho intramolecular Hbond substituents is 1. The van der Waals surface area contributed by atoms with E-state index < -0.39 is 23.5 Å². The summed E-state index contributed by atoms with van der Waals surface area (Å²) in [5.74, 6) is -2.52. The van der Waals surface area contributed by atoms with E-state index in [-0.39, 0.29) is 6.54 Å². The summed E-state index contributed by atoms with van der Waals surface area (Å²) in [5, 5.41) is 21.4. The molecular weight excluding hydrogens is 240 g/mol. The second kappa shape index (κ2) is 6.66. The molecule has 102 valence electrons. The average Bonchev–Trinajstić information content (AvgIpc) is 2.24. The van der Waals surface area contributed by atoms with Crippen molar-refractivity contribution in [2.45, 2.75) is 32.9 Å². The minimum atomic E-state index is -0.977. The minimum absolute atomic E-state index is 0.239. The maximum absolute atomic E-state index is 13.0. The van der Waals surface area contributed by atoms with Gasteiger partial charge >= 0.3 is 0 Å². The smallest absolute Gasteiger partial charge is 0.187 e. The summed E-state index contributed by atoms with van der Waals surface area (Å²) in [6.07, 6.45) is 0.197. The zero-order chi connectivity index (χ0) is 13.7. The van der Waals surface area contributed by atoms with Crippen LogP contribution in [0.4, 0.5) is 8.78 Å². The molecule has 0 amide bonds. The molecule has 1 rings (SSSR count). The van der Waals surface area contributed by atoms with Gasteiger partial charge in [0, 0.05) is 13.1 Å². The average molecular weight is 259 g/mol. The quantitative estimate of drug-likeness (QED) is 0.734. The third kappa shape index (κ3) is 4.58.